The topological polar surface area (TPSA) is 30.5 Å². The molecule has 0 radical (unpaired) electrons. The number of para-hydroxylation sites is 1. The zero-order valence-electron chi connectivity index (χ0n) is 10.2. The van der Waals surface area contributed by atoms with Crippen molar-refractivity contribution in [3.63, 3.8) is 0 Å². The van der Waals surface area contributed by atoms with E-state index < -0.39 is 11.7 Å². The van der Waals surface area contributed by atoms with Gasteiger partial charge in [0.1, 0.15) is 18.8 Å². The van der Waals surface area contributed by atoms with Crippen LogP contribution in [0.15, 0.2) is 18.2 Å². The molecule has 1 fully saturated rings. The van der Waals surface area contributed by atoms with Gasteiger partial charge >= 0.3 is 6.18 Å². The minimum absolute atomic E-state index is 0.131. The Morgan fingerprint density at radius 2 is 1.89 bits per heavy atom. The van der Waals surface area contributed by atoms with E-state index in [1.54, 1.807) is 18.2 Å². The second-order valence-corrected chi connectivity index (χ2v) is 4.87. The van der Waals surface area contributed by atoms with Crippen molar-refractivity contribution in [3.05, 3.63) is 23.8 Å². The summed E-state index contributed by atoms with van der Waals surface area (Å²) in [4.78, 5) is 0. The smallest absolute Gasteiger partial charge is 0.406 e. The van der Waals surface area contributed by atoms with Gasteiger partial charge in [0.25, 0.3) is 0 Å². The molecule has 1 aliphatic heterocycles. The Labute approximate surface area is 108 Å². The van der Waals surface area contributed by atoms with Gasteiger partial charge in [-0.2, -0.15) is 13.2 Å². The first-order chi connectivity index (χ1) is 9.02. The maximum absolute atomic E-state index is 12.8. The third kappa shape index (κ3) is 2.25. The zero-order chi connectivity index (χ0) is 13.5. The number of fused-ring (bicyclic) bond motifs is 1. The first kappa shape index (κ1) is 12.6. The van der Waals surface area contributed by atoms with Gasteiger partial charge in [-0.25, -0.2) is 0 Å². The van der Waals surface area contributed by atoms with E-state index in [4.69, 9.17) is 9.47 Å². The summed E-state index contributed by atoms with van der Waals surface area (Å²) in [5.74, 6) is 1.15. The summed E-state index contributed by atoms with van der Waals surface area (Å²) < 4.78 is 49.3. The molecule has 1 heterocycles. The third-order valence-corrected chi connectivity index (χ3v) is 3.56. The lowest BCUT2D eigenvalue weighted by Gasteiger charge is -2.24. The van der Waals surface area contributed by atoms with Crippen LogP contribution in [0.4, 0.5) is 13.2 Å². The van der Waals surface area contributed by atoms with Gasteiger partial charge in [-0.3, -0.25) is 5.32 Å². The van der Waals surface area contributed by atoms with Gasteiger partial charge in [-0.15, -0.1) is 0 Å². The summed E-state index contributed by atoms with van der Waals surface area (Å²) in [5.41, 5.74) is -1.00. The molecule has 3 nitrogen and oxygen atoms in total. The summed E-state index contributed by atoms with van der Waals surface area (Å²) in [7, 11) is 0. The number of halogens is 3. The van der Waals surface area contributed by atoms with Gasteiger partial charge in [0, 0.05) is 12.1 Å². The molecule has 19 heavy (non-hydrogen) atoms. The number of nitrogens with one attached hydrogen (secondary N) is 1. The minimum Gasteiger partial charge on any atom is -0.486 e. The van der Waals surface area contributed by atoms with Crippen molar-refractivity contribution in [3.8, 4) is 11.5 Å². The number of ether oxygens (including phenoxy) is 2. The normalized spacial score (nSPS) is 20.2. The van der Waals surface area contributed by atoms with Crippen molar-refractivity contribution >= 4 is 0 Å². The fourth-order valence-electron chi connectivity index (χ4n) is 2.22. The van der Waals surface area contributed by atoms with Gasteiger partial charge in [0.2, 0.25) is 0 Å². The molecule has 0 spiro atoms. The molecule has 6 heteroatoms. The SMILES string of the molecule is FC(F)(F)C1(NCc2cccc3c2OCCO3)CC1. The van der Waals surface area contributed by atoms with Crippen LogP contribution in [0.3, 0.4) is 0 Å². The molecule has 1 saturated carbocycles. The zero-order valence-corrected chi connectivity index (χ0v) is 10.2. The number of hydrogen-bond donors (Lipinski definition) is 1. The van der Waals surface area contributed by atoms with Crippen LogP contribution in [-0.4, -0.2) is 24.9 Å². The maximum atomic E-state index is 12.8. The highest BCUT2D eigenvalue weighted by Gasteiger charge is 2.62. The third-order valence-electron chi connectivity index (χ3n) is 3.56. The molecule has 0 unspecified atom stereocenters. The Morgan fingerprint density at radius 1 is 1.16 bits per heavy atom. The highest BCUT2D eigenvalue weighted by molar-refractivity contribution is 5.47. The summed E-state index contributed by atoms with van der Waals surface area (Å²) in [5, 5.41) is 2.62. The van der Waals surface area contributed by atoms with E-state index in [0.717, 1.165) is 0 Å². The van der Waals surface area contributed by atoms with Crippen LogP contribution in [0.5, 0.6) is 11.5 Å². The second-order valence-electron chi connectivity index (χ2n) is 4.87. The van der Waals surface area contributed by atoms with E-state index >= 15 is 0 Å². The lowest BCUT2D eigenvalue weighted by Crippen LogP contribution is -2.44. The molecule has 1 aromatic carbocycles. The predicted octanol–water partition coefficient (Wildman–Crippen LogP) is 2.64. The molecule has 0 atom stereocenters. The fraction of sp³-hybridized carbons (Fsp3) is 0.538. The van der Waals surface area contributed by atoms with Gasteiger partial charge in [-0.1, -0.05) is 12.1 Å². The van der Waals surface area contributed by atoms with E-state index in [1.165, 1.54) is 0 Å². The largest absolute Gasteiger partial charge is 0.486 e. The average molecular weight is 273 g/mol. The van der Waals surface area contributed by atoms with E-state index in [2.05, 4.69) is 5.32 Å². The van der Waals surface area contributed by atoms with Crippen LogP contribution < -0.4 is 14.8 Å². The Morgan fingerprint density at radius 3 is 2.58 bits per heavy atom. The van der Waals surface area contributed by atoms with Crippen LogP contribution in [0.1, 0.15) is 18.4 Å². The van der Waals surface area contributed by atoms with Gasteiger partial charge in [0.15, 0.2) is 11.5 Å². The summed E-state index contributed by atoms with van der Waals surface area (Å²) in [6.45, 7) is 1.02. The molecular weight excluding hydrogens is 259 g/mol. The molecule has 1 aliphatic carbocycles. The summed E-state index contributed by atoms with van der Waals surface area (Å²) >= 11 is 0. The molecular formula is C13H14F3NO2. The monoisotopic (exact) mass is 273 g/mol. The minimum atomic E-state index is -4.20. The standard InChI is InChI=1S/C13H14F3NO2/c14-13(15,16)12(4-5-12)17-8-9-2-1-3-10-11(9)19-7-6-18-10/h1-3,17H,4-8H2. The summed E-state index contributed by atoms with van der Waals surface area (Å²) in [6, 6.07) is 5.28. The fourth-order valence-corrected chi connectivity index (χ4v) is 2.22. The van der Waals surface area contributed by atoms with E-state index in [1.807, 2.05) is 0 Å². The van der Waals surface area contributed by atoms with Crippen LogP contribution in [0.2, 0.25) is 0 Å². The van der Waals surface area contributed by atoms with Crippen LogP contribution in [-0.2, 0) is 6.54 Å². The Bertz CT molecular complexity index is 483. The predicted molar refractivity (Wildman–Crippen MR) is 62.3 cm³/mol. The van der Waals surface area contributed by atoms with Gasteiger partial charge in [0.05, 0.1) is 0 Å². The highest BCUT2D eigenvalue weighted by Crippen LogP contribution is 2.49. The van der Waals surface area contributed by atoms with Crippen molar-refractivity contribution in [2.24, 2.45) is 0 Å². The molecule has 3 rings (SSSR count). The Balaban J connectivity index is 1.74. The van der Waals surface area contributed by atoms with Crippen molar-refractivity contribution in [1.82, 2.24) is 5.32 Å². The van der Waals surface area contributed by atoms with Crippen LogP contribution in [0, 0.1) is 0 Å². The van der Waals surface area contributed by atoms with Crippen molar-refractivity contribution in [1.29, 1.82) is 0 Å². The average Bonchev–Trinajstić information content (AvgIpc) is 3.17. The van der Waals surface area contributed by atoms with Gasteiger partial charge in [-0.05, 0) is 18.9 Å². The number of hydrogen-bond acceptors (Lipinski definition) is 3. The number of alkyl halides is 3. The van der Waals surface area contributed by atoms with E-state index in [-0.39, 0.29) is 19.4 Å². The summed E-state index contributed by atoms with van der Waals surface area (Å²) in [6.07, 6.45) is -3.91. The van der Waals surface area contributed by atoms with E-state index in [9.17, 15) is 13.2 Å². The molecule has 0 amide bonds. The Hall–Kier alpha value is -1.43. The molecule has 1 aromatic rings. The first-order valence-electron chi connectivity index (χ1n) is 6.21. The molecule has 104 valence electrons. The Kier molecular flexibility index (Phi) is 2.85. The van der Waals surface area contributed by atoms with Gasteiger partial charge < -0.3 is 9.47 Å². The maximum Gasteiger partial charge on any atom is 0.406 e. The van der Waals surface area contributed by atoms with Crippen molar-refractivity contribution in [2.45, 2.75) is 31.1 Å². The van der Waals surface area contributed by atoms with Crippen LogP contribution >= 0.6 is 0 Å². The van der Waals surface area contributed by atoms with Crippen molar-refractivity contribution < 1.29 is 22.6 Å². The first-order valence-corrected chi connectivity index (χ1v) is 6.21. The second kappa shape index (κ2) is 4.30. The molecule has 0 bridgehead atoms. The molecule has 2 aliphatic rings. The number of benzene rings is 1. The molecule has 1 N–H and O–H groups in total. The quantitative estimate of drug-likeness (QED) is 0.918. The lowest BCUT2D eigenvalue weighted by atomic mass is 10.1. The van der Waals surface area contributed by atoms with Crippen LogP contribution in [0.25, 0.3) is 0 Å². The van der Waals surface area contributed by atoms with E-state index in [0.29, 0.717) is 30.3 Å². The van der Waals surface area contributed by atoms with Crippen molar-refractivity contribution in [2.75, 3.05) is 13.2 Å². The lowest BCUT2D eigenvalue weighted by molar-refractivity contribution is -0.166. The molecule has 0 saturated heterocycles. The molecule has 0 aromatic heterocycles. The highest BCUT2D eigenvalue weighted by atomic mass is 19.4. The number of rotatable bonds is 3.